The molecule has 0 fully saturated rings. The third-order valence-electron chi connectivity index (χ3n) is 4.09. The monoisotopic (exact) mass is 373 g/mol. The Morgan fingerprint density at radius 3 is 2.69 bits per heavy atom. The van der Waals surface area contributed by atoms with Gasteiger partial charge in [0.25, 0.3) is 0 Å². The van der Waals surface area contributed by atoms with E-state index in [0.717, 1.165) is 22.0 Å². The molecule has 0 saturated carbocycles. The van der Waals surface area contributed by atoms with Gasteiger partial charge in [-0.25, -0.2) is 0 Å². The lowest BCUT2D eigenvalue weighted by Gasteiger charge is -2.18. The highest BCUT2D eigenvalue weighted by molar-refractivity contribution is 7.98. The number of hydrogen-bond acceptors (Lipinski definition) is 4. The zero-order valence-electron chi connectivity index (χ0n) is 16.0. The van der Waals surface area contributed by atoms with Gasteiger partial charge >= 0.3 is 0 Å². The Hall–Kier alpha value is -2.14. The molecule has 0 aliphatic heterocycles. The van der Waals surface area contributed by atoms with Crippen molar-refractivity contribution in [3.8, 4) is 11.5 Å². The quantitative estimate of drug-likeness (QED) is 0.478. The molecule has 4 nitrogen and oxygen atoms in total. The Morgan fingerprint density at radius 1 is 1.19 bits per heavy atom. The first-order chi connectivity index (χ1) is 12.5. The number of nitrogens with zero attached hydrogens (tertiary/aromatic N) is 1. The summed E-state index contributed by atoms with van der Waals surface area (Å²) in [6.07, 6.45) is 3.19. The molecule has 0 atom stereocenters. The molecule has 0 aliphatic rings. The Bertz CT molecular complexity index is 733. The fourth-order valence-electron chi connectivity index (χ4n) is 2.65. The van der Waals surface area contributed by atoms with Gasteiger partial charge in [-0.05, 0) is 55.0 Å². The minimum Gasteiger partial charge on any atom is -0.496 e. The van der Waals surface area contributed by atoms with Crippen molar-refractivity contribution in [2.24, 2.45) is 0 Å². The van der Waals surface area contributed by atoms with Gasteiger partial charge in [-0.1, -0.05) is 18.2 Å². The fourth-order valence-corrected chi connectivity index (χ4v) is 3.20. The molecule has 0 heterocycles. The second-order valence-electron chi connectivity index (χ2n) is 6.21. The van der Waals surface area contributed by atoms with Crippen LogP contribution >= 0.6 is 11.8 Å². The molecule has 140 valence electrons. The van der Waals surface area contributed by atoms with Gasteiger partial charge in [0.15, 0.2) is 0 Å². The van der Waals surface area contributed by atoms with Crippen molar-refractivity contribution >= 4 is 17.7 Å². The van der Waals surface area contributed by atoms with Crippen LogP contribution in [-0.4, -0.2) is 37.8 Å². The number of hydrogen-bond donors (Lipinski definition) is 0. The van der Waals surface area contributed by atoms with E-state index in [0.29, 0.717) is 26.0 Å². The highest BCUT2D eigenvalue weighted by Gasteiger charge is 2.11. The van der Waals surface area contributed by atoms with Crippen LogP contribution in [0.1, 0.15) is 24.0 Å². The van der Waals surface area contributed by atoms with Crippen molar-refractivity contribution in [2.45, 2.75) is 31.2 Å². The van der Waals surface area contributed by atoms with Crippen LogP contribution in [0.25, 0.3) is 0 Å². The second-order valence-corrected chi connectivity index (χ2v) is 7.06. The summed E-state index contributed by atoms with van der Waals surface area (Å²) < 4.78 is 11.1. The summed E-state index contributed by atoms with van der Waals surface area (Å²) in [7, 11) is 3.50. The van der Waals surface area contributed by atoms with E-state index in [4.69, 9.17) is 9.47 Å². The summed E-state index contributed by atoms with van der Waals surface area (Å²) in [5.41, 5.74) is 2.23. The van der Waals surface area contributed by atoms with Crippen molar-refractivity contribution in [1.29, 1.82) is 0 Å². The molecule has 26 heavy (non-hydrogen) atoms. The van der Waals surface area contributed by atoms with Crippen LogP contribution in [0.2, 0.25) is 0 Å². The summed E-state index contributed by atoms with van der Waals surface area (Å²) in [6.45, 7) is 3.15. The minimum absolute atomic E-state index is 0.116. The lowest BCUT2D eigenvalue weighted by atomic mass is 10.2. The van der Waals surface area contributed by atoms with Crippen LogP contribution in [-0.2, 0) is 11.3 Å². The van der Waals surface area contributed by atoms with E-state index in [1.807, 2.05) is 62.7 Å². The van der Waals surface area contributed by atoms with Crippen molar-refractivity contribution in [2.75, 3.05) is 27.0 Å². The molecular weight excluding hydrogens is 346 g/mol. The zero-order valence-corrected chi connectivity index (χ0v) is 16.8. The lowest BCUT2D eigenvalue weighted by molar-refractivity contribution is -0.130. The van der Waals surface area contributed by atoms with Gasteiger partial charge in [-0.2, -0.15) is 0 Å². The summed E-state index contributed by atoms with van der Waals surface area (Å²) in [5, 5.41) is 0. The van der Waals surface area contributed by atoms with Gasteiger partial charge in [-0.3, -0.25) is 4.79 Å². The topological polar surface area (TPSA) is 38.8 Å². The maximum Gasteiger partial charge on any atom is 0.222 e. The molecule has 0 spiro atoms. The van der Waals surface area contributed by atoms with Crippen LogP contribution in [0.4, 0.5) is 0 Å². The first-order valence-electron chi connectivity index (χ1n) is 8.68. The number of ether oxygens (including phenoxy) is 2. The Balaban J connectivity index is 1.78. The van der Waals surface area contributed by atoms with Gasteiger partial charge in [0.05, 0.1) is 13.7 Å². The van der Waals surface area contributed by atoms with Crippen LogP contribution in [0.5, 0.6) is 11.5 Å². The first kappa shape index (κ1) is 20.2. The molecular formula is C21H27NO3S. The molecule has 0 aliphatic carbocycles. The van der Waals surface area contributed by atoms with E-state index >= 15 is 0 Å². The van der Waals surface area contributed by atoms with Crippen molar-refractivity contribution < 1.29 is 14.3 Å². The SMILES string of the molecule is COc1cc(CN(C)C(=O)CCCOc2cccc(C)c2)ccc1SC. The normalized spacial score (nSPS) is 10.5. The molecule has 2 aromatic carbocycles. The molecule has 0 saturated heterocycles. The largest absolute Gasteiger partial charge is 0.496 e. The maximum atomic E-state index is 12.3. The maximum absolute atomic E-state index is 12.3. The number of benzene rings is 2. The predicted molar refractivity (Wildman–Crippen MR) is 107 cm³/mol. The van der Waals surface area contributed by atoms with E-state index in [9.17, 15) is 4.79 Å². The predicted octanol–water partition coefficient (Wildman–Crippen LogP) is 4.54. The molecule has 2 rings (SSSR count). The van der Waals surface area contributed by atoms with Crippen LogP contribution < -0.4 is 9.47 Å². The van der Waals surface area contributed by atoms with Crippen molar-refractivity contribution in [1.82, 2.24) is 4.90 Å². The molecule has 0 radical (unpaired) electrons. The Morgan fingerprint density at radius 2 is 2.00 bits per heavy atom. The third-order valence-corrected chi connectivity index (χ3v) is 4.86. The highest BCUT2D eigenvalue weighted by Crippen LogP contribution is 2.28. The number of aryl methyl sites for hydroxylation is 1. The molecule has 0 aromatic heterocycles. The zero-order chi connectivity index (χ0) is 18.9. The van der Waals surface area contributed by atoms with Gasteiger partial charge in [0, 0.05) is 24.9 Å². The lowest BCUT2D eigenvalue weighted by Crippen LogP contribution is -2.26. The fraction of sp³-hybridized carbons (Fsp3) is 0.381. The highest BCUT2D eigenvalue weighted by atomic mass is 32.2. The molecule has 1 amide bonds. The molecule has 5 heteroatoms. The summed E-state index contributed by atoms with van der Waals surface area (Å²) in [4.78, 5) is 15.2. The number of amides is 1. The Labute approximate surface area is 160 Å². The number of carbonyl (C=O) groups excluding carboxylic acids is 1. The van der Waals surface area contributed by atoms with Crippen molar-refractivity contribution in [3.05, 3.63) is 53.6 Å². The molecule has 2 aromatic rings. The minimum atomic E-state index is 0.116. The van der Waals surface area contributed by atoms with E-state index in [2.05, 4.69) is 0 Å². The second kappa shape index (κ2) is 10.1. The summed E-state index contributed by atoms with van der Waals surface area (Å²) in [5.74, 6) is 1.82. The molecule has 0 bridgehead atoms. The standard InChI is InChI=1S/C21H27NO3S/c1-16-7-5-8-18(13-16)25-12-6-9-21(23)22(2)15-17-10-11-20(26-4)19(14-17)24-3/h5,7-8,10-11,13-14H,6,9,12,15H2,1-4H3. The first-order valence-corrected chi connectivity index (χ1v) is 9.90. The number of thioether (sulfide) groups is 1. The van der Waals surface area contributed by atoms with Gasteiger partial charge < -0.3 is 14.4 Å². The number of rotatable bonds is 9. The van der Waals surface area contributed by atoms with Crippen molar-refractivity contribution in [3.63, 3.8) is 0 Å². The van der Waals surface area contributed by atoms with E-state index < -0.39 is 0 Å². The number of carbonyl (C=O) groups is 1. The van der Waals surface area contributed by atoms with Gasteiger partial charge in [0.2, 0.25) is 5.91 Å². The average Bonchev–Trinajstić information content (AvgIpc) is 2.64. The van der Waals surface area contributed by atoms with Crippen LogP contribution in [0.15, 0.2) is 47.4 Å². The average molecular weight is 374 g/mol. The van der Waals surface area contributed by atoms with Crippen LogP contribution in [0.3, 0.4) is 0 Å². The van der Waals surface area contributed by atoms with E-state index in [1.165, 1.54) is 5.56 Å². The van der Waals surface area contributed by atoms with Gasteiger partial charge in [-0.15, -0.1) is 11.8 Å². The molecule has 0 N–H and O–H groups in total. The smallest absolute Gasteiger partial charge is 0.222 e. The summed E-state index contributed by atoms with van der Waals surface area (Å²) in [6, 6.07) is 14.0. The molecule has 0 unspecified atom stereocenters. The number of methoxy groups -OCH3 is 1. The van der Waals surface area contributed by atoms with E-state index in [1.54, 1.807) is 23.8 Å². The van der Waals surface area contributed by atoms with Crippen LogP contribution in [0, 0.1) is 6.92 Å². The van der Waals surface area contributed by atoms with Gasteiger partial charge in [0.1, 0.15) is 11.5 Å². The third kappa shape index (κ3) is 5.99. The summed E-state index contributed by atoms with van der Waals surface area (Å²) >= 11 is 1.65. The van der Waals surface area contributed by atoms with E-state index in [-0.39, 0.29) is 5.91 Å². The Kier molecular flexibility index (Phi) is 7.85.